The summed E-state index contributed by atoms with van der Waals surface area (Å²) in [4.78, 5) is 0. The van der Waals surface area contributed by atoms with Crippen molar-refractivity contribution in [3.63, 3.8) is 0 Å². The minimum atomic E-state index is 0.447. The van der Waals surface area contributed by atoms with Crippen molar-refractivity contribution >= 4 is 0 Å². The summed E-state index contributed by atoms with van der Waals surface area (Å²) < 4.78 is 0. The minimum Gasteiger partial charge on any atom is -0.327 e. The van der Waals surface area contributed by atoms with Crippen LogP contribution in [0, 0.1) is 18.8 Å². The normalized spacial score (nSPS) is 39.6. The van der Waals surface area contributed by atoms with Crippen molar-refractivity contribution in [1.82, 2.24) is 5.32 Å². The fraction of sp³-hybridized carbons (Fsp3) is 0.500. The van der Waals surface area contributed by atoms with Gasteiger partial charge in [-0.05, 0) is 24.3 Å². The van der Waals surface area contributed by atoms with E-state index in [1.165, 1.54) is 11.1 Å². The third-order valence-electron chi connectivity index (χ3n) is 3.69. The Labute approximate surface area is 84.5 Å². The van der Waals surface area contributed by atoms with Crippen LogP contribution >= 0.6 is 0 Å². The molecule has 4 unspecified atom stereocenters. The van der Waals surface area contributed by atoms with Gasteiger partial charge in [0, 0.05) is 18.6 Å². The van der Waals surface area contributed by atoms with E-state index in [0.29, 0.717) is 18.0 Å². The van der Waals surface area contributed by atoms with Crippen molar-refractivity contribution in [2.75, 3.05) is 6.54 Å². The maximum atomic E-state index is 5.99. The van der Waals surface area contributed by atoms with Gasteiger partial charge in [0.15, 0.2) is 0 Å². The first-order valence-electron chi connectivity index (χ1n) is 5.33. The Morgan fingerprint density at radius 3 is 2.57 bits per heavy atom. The van der Waals surface area contributed by atoms with Crippen molar-refractivity contribution in [2.24, 2.45) is 17.6 Å². The van der Waals surface area contributed by atoms with Crippen molar-refractivity contribution in [2.45, 2.75) is 19.0 Å². The number of benzene rings is 1. The van der Waals surface area contributed by atoms with Gasteiger partial charge in [-0.1, -0.05) is 29.8 Å². The van der Waals surface area contributed by atoms with E-state index in [1.807, 2.05) is 0 Å². The van der Waals surface area contributed by atoms with Gasteiger partial charge < -0.3 is 11.1 Å². The number of aryl methyl sites for hydroxylation is 1. The number of rotatable bonds is 1. The van der Waals surface area contributed by atoms with Gasteiger partial charge in [-0.2, -0.15) is 0 Å². The van der Waals surface area contributed by atoms with Crippen molar-refractivity contribution in [1.29, 1.82) is 0 Å². The summed E-state index contributed by atoms with van der Waals surface area (Å²) in [6, 6.07) is 9.76. The Balaban J connectivity index is 1.86. The van der Waals surface area contributed by atoms with E-state index in [9.17, 15) is 0 Å². The van der Waals surface area contributed by atoms with E-state index in [0.717, 1.165) is 12.5 Å². The standard InChI is InChI=1S/C12H16N2/c1-7-2-4-8(5-3-7)12-10-9(6-14-12)11(10)13/h2-5,9-12,14H,6,13H2,1H3. The van der Waals surface area contributed by atoms with Crippen LogP contribution in [0.2, 0.25) is 0 Å². The van der Waals surface area contributed by atoms with Crippen LogP contribution in [-0.2, 0) is 0 Å². The molecule has 0 aromatic heterocycles. The van der Waals surface area contributed by atoms with E-state index in [2.05, 4.69) is 36.5 Å². The van der Waals surface area contributed by atoms with Crippen LogP contribution in [0.15, 0.2) is 24.3 Å². The van der Waals surface area contributed by atoms with Gasteiger partial charge in [0.2, 0.25) is 0 Å². The number of fused-ring (bicyclic) bond motifs is 1. The van der Waals surface area contributed by atoms with Gasteiger partial charge in [0.1, 0.15) is 0 Å². The van der Waals surface area contributed by atoms with Gasteiger partial charge in [-0.3, -0.25) is 0 Å². The second-order valence-electron chi connectivity index (χ2n) is 4.62. The first kappa shape index (κ1) is 8.45. The molecule has 2 fully saturated rings. The lowest BCUT2D eigenvalue weighted by molar-refractivity contribution is 0.537. The van der Waals surface area contributed by atoms with Crippen molar-refractivity contribution in [3.8, 4) is 0 Å². The summed E-state index contributed by atoms with van der Waals surface area (Å²) in [5, 5.41) is 3.54. The first-order valence-corrected chi connectivity index (χ1v) is 5.33. The van der Waals surface area contributed by atoms with E-state index in [4.69, 9.17) is 5.73 Å². The molecule has 3 rings (SSSR count). The molecule has 0 spiro atoms. The molecule has 0 amide bonds. The van der Waals surface area contributed by atoms with E-state index < -0.39 is 0 Å². The van der Waals surface area contributed by atoms with Crippen LogP contribution in [0.1, 0.15) is 17.2 Å². The third-order valence-corrected chi connectivity index (χ3v) is 3.69. The minimum absolute atomic E-state index is 0.447. The SMILES string of the molecule is Cc1ccc(C2NCC3C(N)C23)cc1. The highest BCUT2D eigenvalue weighted by molar-refractivity contribution is 5.29. The second-order valence-corrected chi connectivity index (χ2v) is 4.62. The average molecular weight is 188 g/mol. The third kappa shape index (κ3) is 1.11. The highest BCUT2D eigenvalue weighted by atomic mass is 15.1. The van der Waals surface area contributed by atoms with Gasteiger partial charge >= 0.3 is 0 Å². The summed E-state index contributed by atoms with van der Waals surface area (Å²) in [5.41, 5.74) is 8.71. The molecule has 1 aliphatic heterocycles. The summed E-state index contributed by atoms with van der Waals surface area (Å²) in [6.07, 6.45) is 0. The number of nitrogens with two attached hydrogens (primary N) is 1. The molecule has 74 valence electrons. The maximum Gasteiger partial charge on any atom is 0.0367 e. The van der Waals surface area contributed by atoms with Crippen LogP contribution in [0.25, 0.3) is 0 Å². The molecule has 2 heteroatoms. The number of hydrogen-bond acceptors (Lipinski definition) is 2. The number of piperidine rings is 1. The molecule has 1 aliphatic carbocycles. The van der Waals surface area contributed by atoms with Crippen molar-refractivity contribution in [3.05, 3.63) is 35.4 Å². The smallest absolute Gasteiger partial charge is 0.0367 e. The molecule has 1 aromatic carbocycles. The molecule has 1 aromatic rings. The van der Waals surface area contributed by atoms with Crippen LogP contribution in [-0.4, -0.2) is 12.6 Å². The molecule has 4 atom stereocenters. The first-order chi connectivity index (χ1) is 6.77. The Kier molecular flexibility index (Phi) is 1.70. The molecule has 2 aliphatic rings. The average Bonchev–Trinajstić information content (AvgIpc) is 2.63. The van der Waals surface area contributed by atoms with Gasteiger partial charge in [0.25, 0.3) is 0 Å². The zero-order valence-electron chi connectivity index (χ0n) is 8.40. The molecule has 14 heavy (non-hydrogen) atoms. The lowest BCUT2D eigenvalue weighted by Crippen LogP contribution is -2.25. The second kappa shape index (κ2) is 2.81. The molecule has 1 heterocycles. The molecule has 3 N–H and O–H groups in total. The van der Waals surface area contributed by atoms with Crippen LogP contribution in [0.4, 0.5) is 0 Å². The van der Waals surface area contributed by atoms with E-state index in [1.54, 1.807) is 0 Å². The van der Waals surface area contributed by atoms with Gasteiger partial charge in [-0.25, -0.2) is 0 Å². The van der Waals surface area contributed by atoms with Crippen LogP contribution < -0.4 is 11.1 Å². The number of hydrogen-bond donors (Lipinski definition) is 2. The molecule has 1 saturated heterocycles. The molecular formula is C12H16N2. The maximum absolute atomic E-state index is 5.99. The van der Waals surface area contributed by atoms with Crippen LogP contribution in [0.3, 0.4) is 0 Å². The predicted molar refractivity (Wildman–Crippen MR) is 56.9 cm³/mol. The summed E-state index contributed by atoms with van der Waals surface area (Å²) in [6.45, 7) is 3.22. The highest BCUT2D eigenvalue weighted by Gasteiger charge is 2.56. The zero-order chi connectivity index (χ0) is 9.71. The lowest BCUT2D eigenvalue weighted by atomic mass is 10.0. The van der Waals surface area contributed by atoms with E-state index in [-0.39, 0.29) is 0 Å². The van der Waals surface area contributed by atoms with Gasteiger partial charge in [0.05, 0.1) is 0 Å². The quantitative estimate of drug-likeness (QED) is 0.695. The van der Waals surface area contributed by atoms with Crippen molar-refractivity contribution < 1.29 is 0 Å². The van der Waals surface area contributed by atoms with Crippen LogP contribution in [0.5, 0.6) is 0 Å². The largest absolute Gasteiger partial charge is 0.327 e. The Morgan fingerprint density at radius 2 is 2.00 bits per heavy atom. The molecule has 0 bridgehead atoms. The molecule has 1 saturated carbocycles. The van der Waals surface area contributed by atoms with E-state index >= 15 is 0 Å². The predicted octanol–water partition coefficient (Wildman–Crippen LogP) is 1.21. The monoisotopic (exact) mass is 188 g/mol. The molecular weight excluding hydrogens is 172 g/mol. The Bertz CT molecular complexity index is 344. The molecule has 0 radical (unpaired) electrons. The lowest BCUT2D eigenvalue weighted by Gasteiger charge is -2.15. The number of nitrogens with one attached hydrogen (secondary N) is 1. The summed E-state index contributed by atoms with van der Waals surface area (Å²) >= 11 is 0. The Hall–Kier alpha value is -0.860. The summed E-state index contributed by atoms with van der Waals surface area (Å²) in [5.74, 6) is 1.43. The fourth-order valence-electron chi connectivity index (χ4n) is 2.68. The topological polar surface area (TPSA) is 38.0 Å². The fourth-order valence-corrected chi connectivity index (χ4v) is 2.68. The highest BCUT2D eigenvalue weighted by Crippen LogP contribution is 2.50. The molecule has 2 nitrogen and oxygen atoms in total. The summed E-state index contributed by atoms with van der Waals surface area (Å²) in [7, 11) is 0. The van der Waals surface area contributed by atoms with Gasteiger partial charge in [-0.15, -0.1) is 0 Å². The zero-order valence-corrected chi connectivity index (χ0v) is 8.40. The Morgan fingerprint density at radius 1 is 1.29 bits per heavy atom.